The summed E-state index contributed by atoms with van der Waals surface area (Å²) < 4.78 is 17.9. The van der Waals surface area contributed by atoms with E-state index in [0.717, 1.165) is 0 Å². The SMILES string of the molecule is NC(=O)COCCNc1ncccc1F. The van der Waals surface area contributed by atoms with Gasteiger partial charge in [0.25, 0.3) is 0 Å². The first kappa shape index (κ1) is 11.4. The number of primary amides is 1. The molecule has 3 N–H and O–H groups in total. The Morgan fingerprint density at radius 2 is 2.47 bits per heavy atom. The number of anilines is 1. The van der Waals surface area contributed by atoms with E-state index in [4.69, 9.17) is 10.5 Å². The van der Waals surface area contributed by atoms with Gasteiger partial charge in [0.2, 0.25) is 5.91 Å². The maximum absolute atomic E-state index is 13.0. The van der Waals surface area contributed by atoms with Crippen LogP contribution in [0.1, 0.15) is 0 Å². The van der Waals surface area contributed by atoms with Crippen molar-refractivity contribution in [1.82, 2.24) is 4.98 Å². The van der Waals surface area contributed by atoms with Crippen molar-refractivity contribution in [2.75, 3.05) is 25.1 Å². The van der Waals surface area contributed by atoms with Crippen molar-refractivity contribution in [3.8, 4) is 0 Å². The van der Waals surface area contributed by atoms with E-state index in [-0.39, 0.29) is 19.0 Å². The average Bonchev–Trinajstić information content (AvgIpc) is 2.20. The molecule has 1 heterocycles. The average molecular weight is 213 g/mol. The quantitative estimate of drug-likeness (QED) is 0.659. The van der Waals surface area contributed by atoms with Gasteiger partial charge in [-0.05, 0) is 12.1 Å². The number of nitrogens with one attached hydrogen (secondary N) is 1. The molecular formula is C9H12FN3O2. The van der Waals surface area contributed by atoms with Gasteiger partial charge < -0.3 is 15.8 Å². The van der Waals surface area contributed by atoms with Crippen LogP contribution in [-0.2, 0) is 9.53 Å². The highest BCUT2D eigenvalue weighted by atomic mass is 19.1. The maximum atomic E-state index is 13.0. The molecule has 0 bridgehead atoms. The first-order valence-corrected chi connectivity index (χ1v) is 4.40. The number of amides is 1. The van der Waals surface area contributed by atoms with Crippen molar-refractivity contribution in [1.29, 1.82) is 0 Å². The minimum absolute atomic E-state index is 0.133. The van der Waals surface area contributed by atoms with E-state index in [1.165, 1.54) is 18.3 Å². The molecule has 0 aromatic carbocycles. The third-order valence-corrected chi connectivity index (χ3v) is 1.54. The van der Waals surface area contributed by atoms with Crippen molar-refractivity contribution in [2.24, 2.45) is 5.73 Å². The first-order chi connectivity index (χ1) is 7.20. The van der Waals surface area contributed by atoms with Crippen LogP contribution in [0.25, 0.3) is 0 Å². The second-order valence-electron chi connectivity index (χ2n) is 2.78. The fourth-order valence-electron chi connectivity index (χ4n) is 0.930. The van der Waals surface area contributed by atoms with Crippen molar-refractivity contribution in [3.63, 3.8) is 0 Å². The lowest BCUT2D eigenvalue weighted by Gasteiger charge is -2.05. The van der Waals surface area contributed by atoms with E-state index in [0.29, 0.717) is 6.54 Å². The Labute approximate surface area is 86.4 Å². The van der Waals surface area contributed by atoms with Crippen LogP contribution in [0.4, 0.5) is 10.2 Å². The Bertz CT molecular complexity index is 333. The van der Waals surface area contributed by atoms with Gasteiger partial charge in [-0.25, -0.2) is 9.37 Å². The molecule has 1 amide bonds. The Hall–Kier alpha value is -1.69. The Morgan fingerprint density at radius 3 is 3.13 bits per heavy atom. The largest absolute Gasteiger partial charge is 0.370 e. The topological polar surface area (TPSA) is 77.2 Å². The summed E-state index contributed by atoms with van der Waals surface area (Å²) in [4.78, 5) is 14.1. The molecular weight excluding hydrogens is 201 g/mol. The molecule has 0 unspecified atom stereocenters. The van der Waals surface area contributed by atoms with Crippen LogP contribution in [0.5, 0.6) is 0 Å². The van der Waals surface area contributed by atoms with Gasteiger partial charge in [0.15, 0.2) is 11.6 Å². The molecule has 0 spiro atoms. The minimum atomic E-state index is -0.529. The third-order valence-electron chi connectivity index (χ3n) is 1.54. The Morgan fingerprint density at radius 1 is 1.67 bits per heavy atom. The molecule has 0 saturated carbocycles. The number of carbonyl (C=O) groups is 1. The van der Waals surface area contributed by atoms with Gasteiger partial charge in [-0.1, -0.05) is 0 Å². The van der Waals surface area contributed by atoms with Crippen LogP contribution in [0.2, 0.25) is 0 Å². The van der Waals surface area contributed by atoms with Gasteiger partial charge in [0, 0.05) is 12.7 Å². The summed E-state index contributed by atoms with van der Waals surface area (Å²) in [7, 11) is 0. The number of ether oxygens (including phenoxy) is 1. The number of halogens is 1. The number of nitrogens with zero attached hydrogens (tertiary/aromatic N) is 1. The van der Waals surface area contributed by atoms with E-state index >= 15 is 0 Å². The molecule has 1 rings (SSSR count). The van der Waals surface area contributed by atoms with Gasteiger partial charge in [-0.2, -0.15) is 0 Å². The molecule has 0 aliphatic rings. The van der Waals surface area contributed by atoms with E-state index < -0.39 is 11.7 Å². The predicted octanol–water partition coefficient (Wildman–Crippen LogP) is 0.134. The summed E-state index contributed by atoms with van der Waals surface area (Å²) in [5.41, 5.74) is 4.85. The summed E-state index contributed by atoms with van der Waals surface area (Å²) in [5.74, 6) is -0.786. The molecule has 0 aliphatic heterocycles. The molecule has 6 heteroatoms. The van der Waals surface area contributed by atoms with Crippen LogP contribution in [0.15, 0.2) is 18.3 Å². The van der Waals surface area contributed by atoms with Crippen LogP contribution < -0.4 is 11.1 Å². The van der Waals surface area contributed by atoms with Crippen molar-refractivity contribution in [3.05, 3.63) is 24.1 Å². The Kier molecular flexibility index (Phi) is 4.49. The monoisotopic (exact) mass is 213 g/mol. The molecule has 1 aromatic rings. The number of carbonyl (C=O) groups excluding carboxylic acids is 1. The maximum Gasteiger partial charge on any atom is 0.243 e. The first-order valence-electron chi connectivity index (χ1n) is 4.40. The zero-order valence-corrected chi connectivity index (χ0v) is 8.07. The lowest BCUT2D eigenvalue weighted by molar-refractivity contribution is -0.122. The molecule has 0 radical (unpaired) electrons. The van der Waals surface area contributed by atoms with Crippen molar-refractivity contribution < 1.29 is 13.9 Å². The van der Waals surface area contributed by atoms with Crippen LogP contribution in [0, 0.1) is 5.82 Å². The fourth-order valence-corrected chi connectivity index (χ4v) is 0.930. The molecule has 0 aliphatic carbocycles. The third kappa shape index (κ3) is 4.37. The second kappa shape index (κ2) is 5.92. The van der Waals surface area contributed by atoms with Gasteiger partial charge in [-0.15, -0.1) is 0 Å². The minimum Gasteiger partial charge on any atom is -0.370 e. The fraction of sp³-hybridized carbons (Fsp3) is 0.333. The highest BCUT2D eigenvalue weighted by molar-refractivity contribution is 5.74. The van der Waals surface area contributed by atoms with Crippen LogP contribution >= 0.6 is 0 Å². The lowest BCUT2D eigenvalue weighted by Crippen LogP contribution is -2.20. The van der Waals surface area contributed by atoms with E-state index in [1.807, 2.05) is 0 Å². The van der Waals surface area contributed by atoms with E-state index in [9.17, 15) is 9.18 Å². The molecule has 15 heavy (non-hydrogen) atoms. The van der Waals surface area contributed by atoms with Crippen LogP contribution in [0.3, 0.4) is 0 Å². The van der Waals surface area contributed by atoms with E-state index in [2.05, 4.69) is 10.3 Å². The number of rotatable bonds is 6. The highest BCUT2D eigenvalue weighted by Gasteiger charge is 2.00. The molecule has 5 nitrogen and oxygen atoms in total. The summed E-state index contributed by atoms with van der Waals surface area (Å²) in [6.07, 6.45) is 1.48. The molecule has 1 aromatic heterocycles. The smallest absolute Gasteiger partial charge is 0.243 e. The Balaban J connectivity index is 2.21. The number of hydrogen-bond acceptors (Lipinski definition) is 4. The highest BCUT2D eigenvalue weighted by Crippen LogP contribution is 2.07. The number of pyridine rings is 1. The lowest BCUT2D eigenvalue weighted by atomic mass is 10.4. The second-order valence-corrected chi connectivity index (χ2v) is 2.78. The molecule has 0 saturated heterocycles. The van der Waals surface area contributed by atoms with E-state index in [1.54, 1.807) is 0 Å². The number of aromatic nitrogens is 1. The number of hydrogen-bond donors (Lipinski definition) is 2. The summed E-state index contributed by atoms with van der Waals surface area (Å²) in [6, 6.07) is 2.81. The van der Waals surface area contributed by atoms with Crippen molar-refractivity contribution in [2.45, 2.75) is 0 Å². The zero-order chi connectivity index (χ0) is 11.1. The van der Waals surface area contributed by atoms with Gasteiger partial charge in [0.05, 0.1) is 6.61 Å². The molecule has 0 fully saturated rings. The molecule has 82 valence electrons. The van der Waals surface area contributed by atoms with Crippen LogP contribution in [-0.4, -0.2) is 30.6 Å². The van der Waals surface area contributed by atoms with Gasteiger partial charge in [-0.3, -0.25) is 4.79 Å². The molecule has 0 atom stereocenters. The summed E-state index contributed by atoms with van der Waals surface area (Å²) in [5, 5.41) is 2.72. The van der Waals surface area contributed by atoms with Crippen molar-refractivity contribution >= 4 is 11.7 Å². The summed E-state index contributed by atoms with van der Waals surface area (Å²) in [6.45, 7) is 0.493. The standard InChI is InChI=1S/C9H12FN3O2/c10-7-2-1-3-12-9(7)13-4-5-15-6-8(11)14/h1-3H,4-6H2,(H2,11,14)(H,12,13). The van der Waals surface area contributed by atoms with Gasteiger partial charge in [0.1, 0.15) is 6.61 Å². The predicted molar refractivity (Wildman–Crippen MR) is 52.7 cm³/mol. The number of nitrogens with two attached hydrogens (primary N) is 1. The zero-order valence-electron chi connectivity index (χ0n) is 8.07. The van der Waals surface area contributed by atoms with Gasteiger partial charge >= 0.3 is 0 Å². The normalized spacial score (nSPS) is 9.93. The summed E-state index contributed by atoms with van der Waals surface area (Å²) >= 11 is 0.